The Bertz CT molecular complexity index is 211. The maximum Gasteiger partial charge on any atom is 0.0634 e. The monoisotopic (exact) mass is 167 g/mol. The van der Waals surface area contributed by atoms with Gasteiger partial charge in [-0.05, 0) is 12.8 Å². The van der Waals surface area contributed by atoms with Gasteiger partial charge >= 0.3 is 0 Å². The molecule has 2 aliphatic heterocycles. The van der Waals surface area contributed by atoms with Crippen molar-refractivity contribution in [2.24, 2.45) is 11.8 Å². The highest BCUT2D eigenvalue weighted by molar-refractivity contribution is 4.98. The molecule has 4 atom stereocenters. The van der Waals surface area contributed by atoms with Crippen LogP contribution in [0.2, 0.25) is 0 Å². The van der Waals surface area contributed by atoms with Crippen molar-refractivity contribution in [3.8, 4) is 6.07 Å². The predicted molar refractivity (Wildman–Crippen MR) is 42.2 cm³/mol. The molecule has 2 bridgehead atoms. The summed E-state index contributed by atoms with van der Waals surface area (Å²) in [4.78, 5) is 0. The summed E-state index contributed by atoms with van der Waals surface area (Å²) in [5.74, 6) is 0.516. The third kappa shape index (κ3) is 1.03. The fraction of sp³-hybridized carbons (Fsp3) is 0.889. The Morgan fingerprint density at radius 1 is 1.33 bits per heavy atom. The summed E-state index contributed by atoms with van der Waals surface area (Å²) >= 11 is 0. The molecule has 2 saturated heterocycles. The maximum atomic E-state index is 9.10. The Labute approximate surface area is 71.9 Å². The van der Waals surface area contributed by atoms with E-state index in [-0.39, 0.29) is 24.7 Å². The normalized spacial score (nSPS) is 44.7. The van der Waals surface area contributed by atoms with Gasteiger partial charge in [0.05, 0.1) is 18.3 Å². The average Bonchev–Trinajstić information content (AvgIpc) is 2.64. The topological polar surface area (TPSA) is 53.2 Å². The molecule has 0 unspecified atom stereocenters. The lowest BCUT2D eigenvalue weighted by Crippen LogP contribution is -2.29. The summed E-state index contributed by atoms with van der Waals surface area (Å²) in [5, 5.41) is 17.7. The maximum absolute atomic E-state index is 9.10. The van der Waals surface area contributed by atoms with Gasteiger partial charge in [-0.1, -0.05) is 0 Å². The molecule has 2 heterocycles. The zero-order chi connectivity index (χ0) is 8.55. The molecule has 2 aliphatic rings. The van der Waals surface area contributed by atoms with Crippen molar-refractivity contribution in [3.05, 3.63) is 0 Å². The highest BCUT2D eigenvalue weighted by Gasteiger charge is 2.48. The van der Waals surface area contributed by atoms with Gasteiger partial charge in [0.15, 0.2) is 0 Å². The molecule has 3 nitrogen and oxygen atoms in total. The molecule has 0 amide bonds. The van der Waals surface area contributed by atoms with Crippen molar-refractivity contribution in [3.63, 3.8) is 0 Å². The van der Waals surface area contributed by atoms with E-state index in [0.717, 1.165) is 12.8 Å². The van der Waals surface area contributed by atoms with Crippen LogP contribution in [-0.2, 0) is 4.74 Å². The van der Waals surface area contributed by atoms with E-state index in [0.29, 0.717) is 12.3 Å². The minimum absolute atomic E-state index is 0.174. The van der Waals surface area contributed by atoms with Crippen molar-refractivity contribution >= 4 is 0 Å². The molecular formula is C9H13NO2. The predicted octanol–water partition coefficient (Wildman–Crippen LogP) is 0.686. The number of aliphatic hydroxyl groups excluding tert-OH is 1. The van der Waals surface area contributed by atoms with Crippen molar-refractivity contribution in [1.29, 1.82) is 5.26 Å². The van der Waals surface area contributed by atoms with Gasteiger partial charge in [-0.25, -0.2) is 0 Å². The lowest BCUT2D eigenvalue weighted by molar-refractivity contribution is 0.0787. The first-order chi connectivity index (χ1) is 5.86. The summed E-state index contributed by atoms with van der Waals surface area (Å²) in [5.41, 5.74) is 0. The molecule has 0 aromatic rings. The summed E-state index contributed by atoms with van der Waals surface area (Å²) in [6, 6.07) is 2.17. The first kappa shape index (κ1) is 8.03. The molecule has 0 saturated carbocycles. The first-order valence-electron chi connectivity index (χ1n) is 4.50. The highest BCUT2D eigenvalue weighted by atomic mass is 16.5. The molecule has 66 valence electrons. The van der Waals surface area contributed by atoms with Crippen molar-refractivity contribution in [2.75, 3.05) is 6.61 Å². The number of nitrogens with zero attached hydrogens (tertiary/aromatic N) is 1. The molecule has 0 aliphatic carbocycles. The van der Waals surface area contributed by atoms with Crippen LogP contribution < -0.4 is 0 Å². The minimum atomic E-state index is 0.174. The SMILES string of the molecule is N#CC[C@H]1[C@@H](CO)[C@H]2CC[C@@H]1O2. The Kier molecular flexibility index (Phi) is 2.03. The van der Waals surface area contributed by atoms with Gasteiger partial charge in [0.2, 0.25) is 0 Å². The van der Waals surface area contributed by atoms with Crippen LogP contribution in [0.3, 0.4) is 0 Å². The number of fused-ring (bicyclic) bond motifs is 2. The van der Waals surface area contributed by atoms with Gasteiger partial charge in [-0.2, -0.15) is 5.26 Å². The van der Waals surface area contributed by atoms with E-state index in [9.17, 15) is 0 Å². The van der Waals surface area contributed by atoms with Gasteiger partial charge in [0, 0.05) is 24.9 Å². The second kappa shape index (κ2) is 3.04. The van der Waals surface area contributed by atoms with Crippen LogP contribution in [0.4, 0.5) is 0 Å². The molecule has 0 spiro atoms. The fourth-order valence-corrected chi connectivity index (χ4v) is 2.51. The summed E-state index contributed by atoms with van der Waals surface area (Å²) < 4.78 is 5.63. The third-order valence-corrected chi connectivity index (χ3v) is 3.13. The van der Waals surface area contributed by atoms with E-state index in [2.05, 4.69) is 6.07 Å². The Balaban J connectivity index is 2.07. The van der Waals surface area contributed by atoms with E-state index < -0.39 is 0 Å². The van der Waals surface area contributed by atoms with E-state index in [1.54, 1.807) is 0 Å². The largest absolute Gasteiger partial charge is 0.396 e. The Hall–Kier alpha value is -0.590. The minimum Gasteiger partial charge on any atom is -0.396 e. The zero-order valence-corrected chi connectivity index (χ0v) is 6.94. The van der Waals surface area contributed by atoms with Crippen molar-refractivity contribution in [2.45, 2.75) is 31.5 Å². The van der Waals surface area contributed by atoms with Crippen LogP contribution in [-0.4, -0.2) is 23.9 Å². The standard InChI is InChI=1S/C9H13NO2/c10-4-3-6-7(5-11)9-2-1-8(6)12-9/h6-9,11H,1-3,5H2/t6-,7+,8-,9+/m0/s1. The Morgan fingerprint density at radius 3 is 2.58 bits per heavy atom. The molecule has 2 rings (SSSR count). The molecule has 0 radical (unpaired) electrons. The average molecular weight is 167 g/mol. The van der Waals surface area contributed by atoms with Gasteiger partial charge < -0.3 is 9.84 Å². The van der Waals surface area contributed by atoms with Crippen molar-refractivity contribution in [1.82, 2.24) is 0 Å². The summed E-state index contributed by atoms with van der Waals surface area (Å²) in [6.07, 6.45) is 3.17. The molecule has 12 heavy (non-hydrogen) atoms. The first-order valence-corrected chi connectivity index (χ1v) is 4.50. The van der Waals surface area contributed by atoms with Crippen LogP contribution >= 0.6 is 0 Å². The molecule has 0 aromatic carbocycles. The van der Waals surface area contributed by atoms with Gasteiger partial charge in [0.25, 0.3) is 0 Å². The third-order valence-electron chi connectivity index (χ3n) is 3.13. The fourth-order valence-electron chi connectivity index (χ4n) is 2.51. The van der Waals surface area contributed by atoms with E-state index in [4.69, 9.17) is 15.1 Å². The number of hydrogen-bond donors (Lipinski definition) is 1. The molecule has 0 aromatic heterocycles. The Morgan fingerprint density at radius 2 is 2.00 bits per heavy atom. The number of aliphatic hydroxyl groups is 1. The van der Waals surface area contributed by atoms with E-state index in [1.807, 2.05) is 0 Å². The zero-order valence-electron chi connectivity index (χ0n) is 6.94. The smallest absolute Gasteiger partial charge is 0.0634 e. The lowest BCUT2D eigenvalue weighted by Gasteiger charge is -2.23. The number of ether oxygens (including phenoxy) is 1. The van der Waals surface area contributed by atoms with Gasteiger partial charge in [-0.15, -0.1) is 0 Å². The number of hydrogen-bond acceptors (Lipinski definition) is 3. The second-order valence-electron chi connectivity index (χ2n) is 3.66. The quantitative estimate of drug-likeness (QED) is 0.658. The van der Waals surface area contributed by atoms with Crippen LogP contribution in [0.1, 0.15) is 19.3 Å². The number of nitriles is 1. The summed E-state index contributed by atoms with van der Waals surface area (Å²) in [7, 11) is 0. The summed E-state index contributed by atoms with van der Waals surface area (Å²) in [6.45, 7) is 0.174. The van der Waals surface area contributed by atoms with Crippen molar-refractivity contribution < 1.29 is 9.84 Å². The van der Waals surface area contributed by atoms with Crippen LogP contribution in [0.15, 0.2) is 0 Å². The van der Waals surface area contributed by atoms with E-state index in [1.165, 1.54) is 0 Å². The van der Waals surface area contributed by atoms with Crippen LogP contribution in [0.25, 0.3) is 0 Å². The van der Waals surface area contributed by atoms with Crippen LogP contribution in [0.5, 0.6) is 0 Å². The van der Waals surface area contributed by atoms with Crippen LogP contribution in [0, 0.1) is 23.2 Å². The molecular weight excluding hydrogens is 154 g/mol. The molecule has 2 fully saturated rings. The number of rotatable bonds is 2. The van der Waals surface area contributed by atoms with Gasteiger partial charge in [0.1, 0.15) is 0 Å². The highest BCUT2D eigenvalue weighted by Crippen LogP contribution is 2.44. The molecule has 3 heteroatoms. The molecule has 1 N–H and O–H groups in total. The van der Waals surface area contributed by atoms with E-state index >= 15 is 0 Å². The lowest BCUT2D eigenvalue weighted by atomic mass is 9.78. The second-order valence-corrected chi connectivity index (χ2v) is 3.66. The van der Waals surface area contributed by atoms with Gasteiger partial charge in [-0.3, -0.25) is 0 Å².